The summed E-state index contributed by atoms with van der Waals surface area (Å²) >= 11 is 0. The first-order valence-corrected chi connectivity index (χ1v) is 11.2. The Morgan fingerprint density at radius 3 is 2.09 bits per heavy atom. The van der Waals surface area contributed by atoms with Gasteiger partial charge in [0.25, 0.3) is 17.5 Å². The van der Waals surface area contributed by atoms with Crippen LogP contribution in [0.25, 0.3) is 0 Å². The zero-order valence-corrected chi connectivity index (χ0v) is 19.3. The van der Waals surface area contributed by atoms with Crippen molar-refractivity contribution >= 4 is 11.9 Å². The Balaban J connectivity index is 2.05. The van der Waals surface area contributed by atoms with Crippen LogP contribution in [0.2, 0.25) is 0 Å². The Bertz CT molecular complexity index is 1220. The summed E-state index contributed by atoms with van der Waals surface area (Å²) in [6.45, 7) is 4.14. The maximum absolute atomic E-state index is 13.6. The van der Waals surface area contributed by atoms with Gasteiger partial charge in [-0.15, -0.1) is 0 Å². The Hall–Kier alpha value is -3.94. The number of methoxy groups -OCH3 is 1. The zero-order valence-electron chi connectivity index (χ0n) is 19.3. The number of benzene rings is 2. The zero-order chi connectivity index (χ0) is 24.4. The number of rotatable bonds is 7. The number of carbonyl (C=O) groups is 2. The summed E-state index contributed by atoms with van der Waals surface area (Å²) in [5.74, 6) is -1.83. The second-order valence-corrected chi connectivity index (χ2v) is 8.59. The lowest BCUT2D eigenvalue weighted by molar-refractivity contribution is -0.136. The molecule has 0 bridgehead atoms. The maximum Gasteiger partial charge on any atom is 0.308 e. The number of nitrogens with zero attached hydrogens (tertiary/aromatic N) is 3. The van der Waals surface area contributed by atoms with Crippen molar-refractivity contribution in [2.75, 3.05) is 13.7 Å². The average molecular weight is 462 g/mol. The van der Waals surface area contributed by atoms with Crippen molar-refractivity contribution in [2.24, 2.45) is 0 Å². The molecule has 8 nitrogen and oxygen atoms in total. The van der Waals surface area contributed by atoms with Gasteiger partial charge in [0.1, 0.15) is 5.69 Å². The van der Waals surface area contributed by atoms with Crippen molar-refractivity contribution in [3.8, 4) is 6.01 Å². The Labute approximate surface area is 197 Å². The molecule has 1 amide bonds. The monoisotopic (exact) mass is 461 g/mol. The first-order chi connectivity index (χ1) is 16.3. The van der Waals surface area contributed by atoms with Gasteiger partial charge in [0, 0.05) is 18.5 Å². The van der Waals surface area contributed by atoms with Crippen molar-refractivity contribution < 1.29 is 19.4 Å². The smallest absolute Gasteiger partial charge is 0.308 e. The van der Waals surface area contributed by atoms with Crippen LogP contribution < -0.4 is 10.3 Å². The van der Waals surface area contributed by atoms with E-state index in [2.05, 4.69) is 4.98 Å². The van der Waals surface area contributed by atoms with E-state index in [1.807, 2.05) is 74.5 Å². The Kier molecular flexibility index (Phi) is 6.49. The molecular weight excluding hydrogens is 434 g/mol. The van der Waals surface area contributed by atoms with E-state index in [4.69, 9.17) is 4.74 Å². The molecule has 2 aromatic carbocycles. The Morgan fingerprint density at radius 1 is 1.06 bits per heavy atom. The average Bonchev–Trinajstić information content (AvgIpc) is 2.82. The molecule has 1 aromatic heterocycles. The van der Waals surface area contributed by atoms with Gasteiger partial charge in [-0.05, 0) is 25.0 Å². The summed E-state index contributed by atoms with van der Waals surface area (Å²) in [6, 6.07) is 19.2. The fourth-order valence-corrected chi connectivity index (χ4v) is 4.70. The fraction of sp³-hybridized carbons (Fsp3) is 0.308. The van der Waals surface area contributed by atoms with E-state index >= 15 is 0 Å². The lowest BCUT2D eigenvalue weighted by atomic mass is 9.83. The van der Waals surface area contributed by atoms with E-state index < -0.39 is 29.9 Å². The van der Waals surface area contributed by atoms with Crippen LogP contribution in [0.1, 0.15) is 53.0 Å². The van der Waals surface area contributed by atoms with Gasteiger partial charge < -0.3 is 14.7 Å². The lowest BCUT2D eigenvalue weighted by Gasteiger charge is -2.42. The topological polar surface area (TPSA) is 102 Å². The van der Waals surface area contributed by atoms with Gasteiger partial charge in [-0.3, -0.25) is 19.0 Å². The molecule has 1 atom stereocenters. The summed E-state index contributed by atoms with van der Waals surface area (Å²) in [5, 5.41) is 9.48. The summed E-state index contributed by atoms with van der Waals surface area (Å²) in [5.41, 5.74) is 1.17. The predicted molar refractivity (Wildman–Crippen MR) is 126 cm³/mol. The highest BCUT2D eigenvalue weighted by molar-refractivity contribution is 5.96. The quantitative estimate of drug-likeness (QED) is 0.580. The molecule has 0 aliphatic carbocycles. The molecular formula is C26H27N3O5. The number of aliphatic carboxylic acids is 1. The molecule has 34 heavy (non-hydrogen) atoms. The molecule has 3 aromatic rings. The van der Waals surface area contributed by atoms with E-state index in [-0.39, 0.29) is 29.2 Å². The molecule has 176 valence electrons. The molecule has 1 aliphatic rings. The second kappa shape index (κ2) is 9.51. The number of carboxylic acids is 1. The number of fused-ring (bicyclic) bond motifs is 1. The van der Waals surface area contributed by atoms with Crippen molar-refractivity contribution in [1.29, 1.82) is 0 Å². The number of amides is 1. The summed E-state index contributed by atoms with van der Waals surface area (Å²) in [4.78, 5) is 43.7. The number of carboxylic acid groups (broad SMARTS) is 1. The third-order valence-corrected chi connectivity index (χ3v) is 6.20. The lowest BCUT2D eigenvalue weighted by Crippen LogP contribution is -2.50. The first-order valence-electron chi connectivity index (χ1n) is 11.2. The second-order valence-electron chi connectivity index (χ2n) is 8.59. The summed E-state index contributed by atoms with van der Waals surface area (Å²) in [7, 11) is 1.39. The van der Waals surface area contributed by atoms with E-state index in [0.717, 1.165) is 11.1 Å². The van der Waals surface area contributed by atoms with Gasteiger partial charge in [0.2, 0.25) is 0 Å². The van der Waals surface area contributed by atoms with E-state index in [0.29, 0.717) is 6.54 Å². The van der Waals surface area contributed by atoms with E-state index in [1.54, 1.807) is 9.47 Å². The van der Waals surface area contributed by atoms with Crippen LogP contribution in [-0.4, -0.2) is 51.1 Å². The van der Waals surface area contributed by atoms with Crippen LogP contribution in [0.15, 0.2) is 65.5 Å². The van der Waals surface area contributed by atoms with Gasteiger partial charge in [0.05, 0.1) is 25.1 Å². The molecule has 0 saturated heterocycles. The minimum atomic E-state index is -1.21. The SMILES string of the molecule is COc1nc(=O)c(CC(=O)O)c2n1[C@@H](C(c1ccccc1)c1ccccc1)CN(C(C)C)C2=O. The van der Waals surface area contributed by atoms with Gasteiger partial charge in [0.15, 0.2) is 0 Å². The number of carbonyl (C=O) groups excluding carboxylic acids is 1. The standard InChI is InChI=1S/C26H27N3O5/c1-16(2)28-15-20(22(17-10-6-4-7-11-17)18-12-8-5-9-13-18)29-23(25(28)33)19(14-21(30)31)24(32)27-26(29)34-3/h4-13,16,20,22H,14-15H2,1-3H3,(H,30,31)/t20-/m1/s1. The van der Waals surface area contributed by atoms with Crippen LogP contribution in [0.3, 0.4) is 0 Å². The fourth-order valence-electron chi connectivity index (χ4n) is 4.70. The highest BCUT2D eigenvalue weighted by Gasteiger charge is 2.41. The molecule has 0 radical (unpaired) electrons. The molecule has 0 unspecified atom stereocenters. The highest BCUT2D eigenvalue weighted by atomic mass is 16.5. The molecule has 1 aliphatic heterocycles. The Morgan fingerprint density at radius 2 is 1.62 bits per heavy atom. The van der Waals surface area contributed by atoms with E-state index in [1.165, 1.54) is 7.11 Å². The first kappa shape index (κ1) is 23.2. The van der Waals surface area contributed by atoms with Crippen LogP contribution in [0.4, 0.5) is 0 Å². The molecule has 0 fully saturated rings. The third-order valence-electron chi connectivity index (χ3n) is 6.20. The summed E-state index contributed by atoms with van der Waals surface area (Å²) < 4.78 is 7.11. The predicted octanol–water partition coefficient (Wildman–Crippen LogP) is 3.12. The minimum Gasteiger partial charge on any atom is -0.481 e. The minimum absolute atomic E-state index is 0.00671. The van der Waals surface area contributed by atoms with Crippen molar-refractivity contribution in [3.63, 3.8) is 0 Å². The van der Waals surface area contributed by atoms with Crippen LogP contribution >= 0.6 is 0 Å². The van der Waals surface area contributed by atoms with Gasteiger partial charge in [-0.25, -0.2) is 0 Å². The third kappa shape index (κ3) is 4.19. The molecule has 2 heterocycles. The largest absolute Gasteiger partial charge is 0.481 e. The molecule has 4 rings (SSSR count). The molecule has 8 heteroatoms. The summed E-state index contributed by atoms with van der Waals surface area (Å²) in [6.07, 6.45) is -0.600. The molecule has 0 saturated carbocycles. The number of hydrogen-bond donors (Lipinski definition) is 1. The van der Waals surface area contributed by atoms with Crippen molar-refractivity contribution in [3.05, 3.63) is 93.4 Å². The van der Waals surface area contributed by atoms with Gasteiger partial charge in [-0.1, -0.05) is 60.7 Å². The molecule has 0 spiro atoms. The highest BCUT2D eigenvalue weighted by Crippen LogP contribution is 2.41. The number of ether oxygens (including phenoxy) is 1. The van der Waals surface area contributed by atoms with E-state index in [9.17, 15) is 19.5 Å². The van der Waals surface area contributed by atoms with Gasteiger partial charge in [-0.2, -0.15) is 4.98 Å². The maximum atomic E-state index is 13.6. The normalized spacial score (nSPS) is 15.5. The number of hydrogen-bond acceptors (Lipinski definition) is 5. The van der Waals surface area contributed by atoms with Crippen molar-refractivity contribution in [2.45, 2.75) is 38.3 Å². The molecule has 1 N–H and O–H groups in total. The van der Waals surface area contributed by atoms with Crippen LogP contribution in [0, 0.1) is 0 Å². The van der Waals surface area contributed by atoms with Gasteiger partial charge >= 0.3 is 5.97 Å². The van der Waals surface area contributed by atoms with Crippen LogP contribution in [0.5, 0.6) is 6.01 Å². The van der Waals surface area contributed by atoms with Crippen LogP contribution in [-0.2, 0) is 11.2 Å². The number of aromatic nitrogens is 2. The van der Waals surface area contributed by atoms with Crippen molar-refractivity contribution in [1.82, 2.24) is 14.5 Å².